The van der Waals surface area contributed by atoms with Gasteiger partial charge in [0.15, 0.2) is 11.5 Å². The molecule has 2 N–H and O–H groups in total. The predicted octanol–water partition coefficient (Wildman–Crippen LogP) is 0.875. The highest BCUT2D eigenvalue weighted by Gasteiger charge is 2.38. The van der Waals surface area contributed by atoms with Crippen molar-refractivity contribution in [3.05, 3.63) is 18.2 Å². The third-order valence-corrected chi connectivity index (χ3v) is 3.86. The zero-order valence-electron chi connectivity index (χ0n) is 13.4. The van der Waals surface area contributed by atoms with Crippen molar-refractivity contribution in [1.29, 1.82) is 0 Å². The van der Waals surface area contributed by atoms with Gasteiger partial charge in [0.2, 0.25) is 6.79 Å². The molecule has 0 saturated carbocycles. The quantitative estimate of drug-likeness (QED) is 0.717. The summed E-state index contributed by atoms with van der Waals surface area (Å²) < 4.78 is 15.9. The van der Waals surface area contributed by atoms with Crippen molar-refractivity contribution in [2.24, 2.45) is 0 Å². The van der Waals surface area contributed by atoms with Crippen LogP contribution >= 0.6 is 0 Å². The molecule has 1 saturated heterocycles. The number of imide groups is 1. The van der Waals surface area contributed by atoms with E-state index in [9.17, 15) is 14.7 Å². The zero-order chi connectivity index (χ0) is 17.1. The number of ether oxygens (including phenoxy) is 3. The fourth-order valence-corrected chi connectivity index (χ4v) is 2.66. The summed E-state index contributed by atoms with van der Waals surface area (Å²) in [5, 5.41) is 12.7. The van der Waals surface area contributed by atoms with Crippen molar-refractivity contribution in [2.75, 3.05) is 19.9 Å². The van der Waals surface area contributed by atoms with Crippen LogP contribution in [0.3, 0.4) is 0 Å². The molecule has 2 aliphatic rings. The minimum Gasteiger partial charge on any atom is -0.491 e. The molecule has 0 radical (unpaired) electrons. The highest BCUT2D eigenvalue weighted by atomic mass is 16.7. The van der Waals surface area contributed by atoms with E-state index in [4.69, 9.17) is 14.2 Å². The molecule has 0 unspecified atom stereocenters. The van der Waals surface area contributed by atoms with Crippen molar-refractivity contribution in [3.63, 3.8) is 0 Å². The highest BCUT2D eigenvalue weighted by Crippen LogP contribution is 2.35. The topological polar surface area (TPSA) is 97.3 Å². The molecule has 0 aromatic heterocycles. The summed E-state index contributed by atoms with van der Waals surface area (Å²) in [7, 11) is 0. The molecule has 2 atom stereocenters. The number of urea groups is 1. The van der Waals surface area contributed by atoms with E-state index in [1.165, 1.54) is 0 Å². The summed E-state index contributed by atoms with van der Waals surface area (Å²) in [5.41, 5.74) is 0. The van der Waals surface area contributed by atoms with Crippen molar-refractivity contribution in [1.82, 2.24) is 10.2 Å². The Kier molecular flexibility index (Phi) is 4.75. The first-order valence-corrected chi connectivity index (χ1v) is 7.91. The number of aliphatic hydroxyl groups excluding tert-OH is 1. The molecule has 0 bridgehead atoms. The van der Waals surface area contributed by atoms with Crippen molar-refractivity contribution in [2.45, 2.75) is 31.9 Å². The number of amides is 3. The van der Waals surface area contributed by atoms with Crippen LogP contribution in [0.4, 0.5) is 4.79 Å². The van der Waals surface area contributed by atoms with Gasteiger partial charge in [0, 0.05) is 6.07 Å². The summed E-state index contributed by atoms with van der Waals surface area (Å²) in [5.74, 6) is 1.44. The molecule has 3 rings (SSSR count). The van der Waals surface area contributed by atoms with E-state index in [0.29, 0.717) is 23.7 Å². The van der Waals surface area contributed by atoms with E-state index in [2.05, 4.69) is 5.32 Å². The Hall–Kier alpha value is -2.48. The third-order valence-electron chi connectivity index (χ3n) is 3.86. The standard InChI is InChI=1S/C16H20N2O6/c1-2-3-12-15(20)18(16(21)17-12)7-10(19)8-22-11-4-5-13-14(6-11)24-9-23-13/h4-6,10,12,19H,2-3,7-9H2,1H3,(H,17,21)/t10-,12+/m1/s1. The number of benzene rings is 1. The second-order valence-electron chi connectivity index (χ2n) is 5.72. The molecule has 8 heteroatoms. The van der Waals surface area contributed by atoms with Gasteiger partial charge in [-0.2, -0.15) is 0 Å². The summed E-state index contributed by atoms with van der Waals surface area (Å²) in [4.78, 5) is 25.0. The van der Waals surface area contributed by atoms with Gasteiger partial charge in [-0.3, -0.25) is 9.69 Å². The average molecular weight is 336 g/mol. The Morgan fingerprint density at radius 1 is 1.38 bits per heavy atom. The molecule has 3 amide bonds. The molecular formula is C16H20N2O6. The number of fused-ring (bicyclic) bond motifs is 1. The van der Waals surface area contributed by atoms with Crippen LogP contribution < -0.4 is 19.5 Å². The van der Waals surface area contributed by atoms with E-state index < -0.39 is 18.2 Å². The first kappa shape index (κ1) is 16.4. The molecule has 1 aromatic rings. The smallest absolute Gasteiger partial charge is 0.324 e. The summed E-state index contributed by atoms with van der Waals surface area (Å²) in [6.07, 6.45) is 0.399. The van der Waals surface area contributed by atoms with Crippen LogP contribution in [-0.4, -0.2) is 54.0 Å². The minimum atomic E-state index is -0.981. The van der Waals surface area contributed by atoms with Crippen LogP contribution in [0.2, 0.25) is 0 Å². The number of β-amino-alcohol motifs (C(OH)–C–C–N with tert-alkyl or cyclic N) is 1. The summed E-state index contributed by atoms with van der Waals surface area (Å²) in [6.45, 7) is 1.97. The first-order valence-electron chi connectivity index (χ1n) is 7.91. The Balaban J connectivity index is 1.51. The number of rotatable bonds is 7. The van der Waals surface area contributed by atoms with Gasteiger partial charge in [0.25, 0.3) is 5.91 Å². The van der Waals surface area contributed by atoms with Gasteiger partial charge in [-0.25, -0.2) is 4.79 Å². The fraction of sp³-hybridized carbons (Fsp3) is 0.500. The monoisotopic (exact) mass is 336 g/mol. The Morgan fingerprint density at radius 3 is 2.96 bits per heavy atom. The van der Waals surface area contributed by atoms with Crippen LogP contribution in [0.5, 0.6) is 17.2 Å². The van der Waals surface area contributed by atoms with Crippen LogP contribution in [0, 0.1) is 0 Å². The third kappa shape index (κ3) is 3.38. The lowest BCUT2D eigenvalue weighted by Crippen LogP contribution is -2.40. The molecule has 8 nitrogen and oxygen atoms in total. The van der Waals surface area contributed by atoms with Crippen LogP contribution in [0.15, 0.2) is 18.2 Å². The Bertz CT molecular complexity index is 635. The van der Waals surface area contributed by atoms with Gasteiger partial charge in [-0.05, 0) is 18.6 Å². The summed E-state index contributed by atoms with van der Waals surface area (Å²) in [6, 6.07) is 4.12. The Labute approximate surface area is 139 Å². The number of nitrogens with zero attached hydrogens (tertiary/aromatic N) is 1. The average Bonchev–Trinajstić information content (AvgIpc) is 3.13. The van der Waals surface area contributed by atoms with E-state index in [1.54, 1.807) is 18.2 Å². The normalized spacial score (nSPS) is 20.2. The lowest BCUT2D eigenvalue weighted by atomic mass is 10.1. The molecule has 0 aliphatic carbocycles. The van der Waals surface area contributed by atoms with Crippen molar-refractivity contribution < 1.29 is 28.9 Å². The summed E-state index contributed by atoms with van der Waals surface area (Å²) >= 11 is 0. The fourth-order valence-electron chi connectivity index (χ4n) is 2.66. The molecule has 1 fully saturated rings. The van der Waals surface area contributed by atoms with Gasteiger partial charge in [0.05, 0.1) is 6.54 Å². The largest absolute Gasteiger partial charge is 0.491 e. The van der Waals surface area contributed by atoms with Crippen LogP contribution in [0.1, 0.15) is 19.8 Å². The van der Waals surface area contributed by atoms with E-state index in [-0.39, 0.29) is 25.9 Å². The van der Waals surface area contributed by atoms with Gasteiger partial charge < -0.3 is 24.6 Å². The maximum atomic E-state index is 12.1. The SMILES string of the molecule is CCC[C@@H]1NC(=O)N(C[C@@H](O)COc2ccc3c(c2)OCO3)C1=O. The zero-order valence-corrected chi connectivity index (χ0v) is 13.4. The molecule has 0 spiro atoms. The minimum absolute atomic E-state index is 0.0465. The number of hydrogen-bond acceptors (Lipinski definition) is 6. The Morgan fingerprint density at radius 2 is 2.17 bits per heavy atom. The van der Waals surface area contributed by atoms with Gasteiger partial charge >= 0.3 is 6.03 Å². The lowest BCUT2D eigenvalue weighted by Gasteiger charge is -2.18. The van der Waals surface area contributed by atoms with Crippen LogP contribution in [-0.2, 0) is 4.79 Å². The van der Waals surface area contributed by atoms with Crippen LogP contribution in [0.25, 0.3) is 0 Å². The molecular weight excluding hydrogens is 316 g/mol. The lowest BCUT2D eigenvalue weighted by molar-refractivity contribution is -0.128. The molecule has 130 valence electrons. The van der Waals surface area contributed by atoms with E-state index in [0.717, 1.165) is 11.3 Å². The molecule has 24 heavy (non-hydrogen) atoms. The highest BCUT2D eigenvalue weighted by molar-refractivity contribution is 6.04. The second-order valence-corrected chi connectivity index (χ2v) is 5.72. The number of aliphatic hydroxyl groups is 1. The van der Waals surface area contributed by atoms with Crippen molar-refractivity contribution >= 4 is 11.9 Å². The maximum absolute atomic E-state index is 12.1. The predicted molar refractivity (Wildman–Crippen MR) is 83.0 cm³/mol. The number of carbonyl (C=O) groups is 2. The van der Waals surface area contributed by atoms with E-state index in [1.807, 2.05) is 6.92 Å². The molecule has 2 heterocycles. The molecule has 2 aliphatic heterocycles. The second kappa shape index (κ2) is 6.96. The molecule has 1 aromatic carbocycles. The number of carbonyl (C=O) groups excluding carboxylic acids is 2. The van der Waals surface area contributed by atoms with Gasteiger partial charge in [-0.15, -0.1) is 0 Å². The van der Waals surface area contributed by atoms with Gasteiger partial charge in [0.1, 0.15) is 24.5 Å². The maximum Gasteiger partial charge on any atom is 0.324 e. The van der Waals surface area contributed by atoms with Gasteiger partial charge in [-0.1, -0.05) is 13.3 Å². The van der Waals surface area contributed by atoms with E-state index >= 15 is 0 Å². The van der Waals surface area contributed by atoms with Crippen molar-refractivity contribution in [3.8, 4) is 17.2 Å². The number of nitrogens with one attached hydrogen (secondary N) is 1. The number of hydrogen-bond donors (Lipinski definition) is 2. The first-order chi connectivity index (χ1) is 11.6.